The number of hydrogen-bond acceptors (Lipinski definition) is 7. The highest BCUT2D eigenvalue weighted by Gasteiger charge is 2.24. The molecule has 182 valence electrons. The Bertz CT molecular complexity index is 1620. The number of rotatable bonds is 7. The highest BCUT2D eigenvalue weighted by Crippen LogP contribution is 2.39. The van der Waals surface area contributed by atoms with Crippen LogP contribution < -0.4 is 4.74 Å². The molecule has 0 bridgehead atoms. The van der Waals surface area contributed by atoms with E-state index in [-0.39, 0.29) is 22.3 Å². The van der Waals surface area contributed by atoms with Gasteiger partial charge in [0.05, 0.1) is 46.4 Å². The van der Waals surface area contributed by atoms with Gasteiger partial charge in [-0.15, -0.1) is 11.3 Å². The van der Waals surface area contributed by atoms with Gasteiger partial charge in [0.2, 0.25) is 0 Å². The number of sulfone groups is 1. The molecule has 0 amide bonds. The van der Waals surface area contributed by atoms with Crippen LogP contribution in [0.3, 0.4) is 0 Å². The summed E-state index contributed by atoms with van der Waals surface area (Å²) in [4.78, 5) is 7.78. The van der Waals surface area contributed by atoms with Gasteiger partial charge in [-0.05, 0) is 42.5 Å². The van der Waals surface area contributed by atoms with Crippen molar-refractivity contribution in [2.45, 2.75) is 10.6 Å². The molecule has 0 fully saturated rings. The Hall–Kier alpha value is -3.60. The second-order valence-corrected chi connectivity index (χ2v) is 10.7. The molecule has 2 aromatic carbocycles. The second kappa shape index (κ2) is 9.81. The molecule has 0 atom stereocenters. The molecular weight excluding hydrogens is 530 g/mol. The molecule has 0 unspecified atom stereocenters. The second-order valence-electron chi connectivity index (χ2n) is 7.64. The summed E-state index contributed by atoms with van der Waals surface area (Å²) in [5.74, 6) is -1.71. The van der Waals surface area contributed by atoms with E-state index in [1.807, 2.05) is 0 Å². The number of furan rings is 1. The van der Waals surface area contributed by atoms with Crippen molar-refractivity contribution in [3.63, 3.8) is 0 Å². The minimum atomic E-state index is -4.03. The van der Waals surface area contributed by atoms with Gasteiger partial charge in [-0.1, -0.05) is 11.6 Å². The largest absolute Gasteiger partial charge is 0.472 e. The Morgan fingerprint density at radius 2 is 1.81 bits per heavy atom. The molecule has 3 aromatic heterocycles. The summed E-state index contributed by atoms with van der Waals surface area (Å²) in [5.41, 5.74) is 4.22. The van der Waals surface area contributed by atoms with Gasteiger partial charge >= 0.3 is 0 Å². The molecule has 6 nitrogen and oxygen atoms in total. The van der Waals surface area contributed by atoms with E-state index in [2.05, 4.69) is 9.97 Å². The molecule has 5 rings (SSSR count). The maximum atomic E-state index is 15.0. The maximum absolute atomic E-state index is 15.0. The van der Waals surface area contributed by atoms with Crippen molar-refractivity contribution in [2.24, 2.45) is 0 Å². The van der Waals surface area contributed by atoms with E-state index in [0.29, 0.717) is 28.1 Å². The molecule has 36 heavy (non-hydrogen) atoms. The number of thiazole rings is 1. The quantitative estimate of drug-likeness (QED) is 0.216. The lowest BCUT2D eigenvalue weighted by molar-refractivity contribution is 0.473. The molecule has 0 aliphatic rings. The number of hydrogen-bond donors (Lipinski definition) is 0. The van der Waals surface area contributed by atoms with Gasteiger partial charge in [-0.3, -0.25) is 4.98 Å². The van der Waals surface area contributed by atoms with Crippen LogP contribution in [0.15, 0.2) is 87.5 Å². The van der Waals surface area contributed by atoms with Crippen LogP contribution in [0.5, 0.6) is 11.5 Å². The molecule has 3 heterocycles. The van der Waals surface area contributed by atoms with Crippen molar-refractivity contribution in [3.8, 4) is 33.9 Å². The van der Waals surface area contributed by atoms with Gasteiger partial charge in [0.25, 0.3) is 0 Å². The fourth-order valence-electron chi connectivity index (χ4n) is 3.47. The topological polar surface area (TPSA) is 82.3 Å². The van der Waals surface area contributed by atoms with Crippen molar-refractivity contribution >= 4 is 32.8 Å². The van der Waals surface area contributed by atoms with Crippen molar-refractivity contribution in [3.05, 3.63) is 100 Å². The van der Waals surface area contributed by atoms with E-state index in [0.717, 1.165) is 12.1 Å². The molecule has 0 saturated carbocycles. The van der Waals surface area contributed by atoms with Crippen molar-refractivity contribution in [1.82, 2.24) is 9.97 Å². The first-order chi connectivity index (χ1) is 17.3. The minimum Gasteiger partial charge on any atom is -0.472 e. The first kappa shape index (κ1) is 24.1. The van der Waals surface area contributed by atoms with Crippen molar-refractivity contribution in [2.75, 3.05) is 0 Å². The Kier molecular flexibility index (Phi) is 6.57. The summed E-state index contributed by atoms with van der Waals surface area (Å²) in [5, 5.41) is 1.48. The monoisotopic (exact) mass is 544 g/mol. The van der Waals surface area contributed by atoms with Gasteiger partial charge in [-0.25, -0.2) is 22.2 Å². The first-order valence-electron chi connectivity index (χ1n) is 10.4. The fourth-order valence-corrected chi connectivity index (χ4v) is 5.76. The van der Waals surface area contributed by atoms with Gasteiger partial charge in [0.1, 0.15) is 22.3 Å². The average molecular weight is 545 g/mol. The van der Waals surface area contributed by atoms with Crippen LogP contribution >= 0.6 is 22.9 Å². The third-order valence-electron chi connectivity index (χ3n) is 5.20. The van der Waals surface area contributed by atoms with Crippen LogP contribution in [0, 0.1) is 11.6 Å². The van der Waals surface area contributed by atoms with Crippen LogP contribution in [0.1, 0.15) is 5.69 Å². The molecule has 5 aromatic rings. The van der Waals surface area contributed by atoms with Gasteiger partial charge in [0.15, 0.2) is 15.6 Å². The van der Waals surface area contributed by atoms with E-state index in [4.69, 9.17) is 20.8 Å². The van der Waals surface area contributed by atoms with Crippen LogP contribution in [-0.2, 0) is 15.6 Å². The highest BCUT2D eigenvalue weighted by atomic mass is 35.5. The van der Waals surface area contributed by atoms with E-state index in [1.54, 1.807) is 29.6 Å². The third kappa shape index (κ3) is 5.01. The number of ether oxygens (including phenoxy) is 1. The summed E-state index contributed by atoms with van der Waals surface area (Å²) in [6.07, 6.45) is 4.39. The summed E-state index contributed by atoms with van der Waals surface area (Å²) in [6.45, 7) is 0. The summed E-state index contributed by atoms with van der Waals surface area (Å²) in [7, 11) is -4.03. The van der Waals surface area contributed by atoms with Crippen molar-refractivity contribution in [1.29, 1.82) is 0 Å². The van der Waals surface area contributed by atoms with Crippen LogP contribution in [0.2, 0.25) is 5.02 Å². The maximum Gasteiger partial charge on any atom is 0.187 e. The van der Waals surface area contributed by atoms with Gasteiger partial charge < -0.3 is 9.15 Å². The van der Waals surface area contributed by atoms with Crippen LogP contribution in [0.25, 0.3) is 22.4 Å². The zero-order valence-corrected chi connectivity index (χ0v) is 20.6. The molecule has 0 spiro atoms. The third-order valence-corrected chi connectivity index (χ3v) is 7.79. The van der Waals surface area contributed by atoms with Crippen molar-refractivity contribution < 1.29 is 26.4 Å². The number of nitrogens with zero attached hydrogens (tertiary/aromatic N) is 2. The number of aromatic nitrogens is 2. The molecule has 0 aliphatic heterocycles. The zero-order chi connectivity index (χ0) is 25.3. The molecule has 0 saturated heterocycles. The smallest absolute Gasteiger partial charge is 0.187 e. The van der Waals surface area contributed by atoms with E-state index in [9.17, 15) is 17.2 Å². The lowest BCUT2D eigenvalue weighted by Gasteiger charge is -2.14. The predicted octanol–water partition coefficient (Wildman–Crippen LogP) is 7.16. The lowest BCUT2D eigenvalue weighted by Crippen LogP contribution is -2.08. The minimum absolute atomic E-state index is 0.0946. The van der Waals surface area contributed by atoms with Crippen LogP contribution in [0.4, 0.5) is 8.78 Å². The average Bonchev–Trinajstić information content (AvgIpc) is 3.56. The Labute approximate surface area is 213 Å². The summed E-state index contributed by atoms with van der Waals surface area (Å²) < 4.78 is 64.8. The predicted molar refractivity (Wildman–Crippen MR) is 132 cm³/mol. The number of halogens is 3. The molecule has 0 N–H and O–H groups in total. The number of benzene rings is 2. The van der Waals surface area contributed by atoms with Gasteiger partial charge in [-0.2, -0.15) is 0 Å². The summed E-state index contributed by atoms with van der Waals surface area (Å²) in [6, 6.07) is 11.2. The highest BCUT2D eigenvalue weighted by molar-refractivity contribution is 7.90. The molecular formula is C25H15ClF2N2O4S2. The fraction of sp³-hybridized carbons (Fsp3) is 0.0400. The van der Waals surface area contributed by atoms with E-state index < -0.39 is 26.3 Å². The Morgan fingerprint density at radius 1 is 1.00 bits per heavy atom. The standard InChI is InChI=1S/C25H15ClF2N2O4S2/c26-20-8-25(36(31,32)13-18-12-35-14-30-18)21(28)9-23(20)34-24-10-29-22(15-1-3-17(27)4-2-15)7-19(24)16-5-6-33-11-16/h1-12,14H,13H2. The Balaban J connectivity index is 1.50. The SMILES string of the molecule is O=S(=O)(Cc1cscn1)c1cc(Cl)c(Oc2cnc(-c3ccc(F)cc3)cc2-c2ccoc2)cc1F. The molecule has 0 radical (unpaired) electrons. The lowest BCUT2D eigenvalue weighted by atomic mass is 10.0. The molecule has 0 aliphatic carbocycles. The normalized spacial score (nSPS) is 11.5. The van der Waals surface area contributed by atoms with E-state index >= 15 is 0 Å². The van der Waals surface area contributed by atoms with E-state index in [1.165, 1.54) is 47.7 Å². The number of pyridine rings is 1. The Morgan fingerprint density at radius 3 is 2.50 bits per heavy atom. The van der Waals surface area contributed by atoms with Gasteiger partial charge in [0, 0.05) is 28.1 Å². The zero-order valence-electron chi connectivity index (χ0n) is 18.2. The molecule has 11 heteroatoms. The first-order valence-corrected chi connectivity index (χ1v) is 13.3. The summed E-state index contributed by atoms with van der Waals surface area (Å²) >= 11 is 7.56. The van der Waals surface area contributed by atoms with Crippen LogP contribution in [-0.4, -0.2) is 18.4 Å².